The highest BCUT2D eigenvalue weighted by atomic mass is 35.5. The average molecular weight is 418 g/mol. The molecule has 0 spiro atoms. The minimum Gasteiger partial charge on any atom is -0.508 e. The standard InChI is InChI=1S/C24H16ClNO4/c25-18-7-3-1-5-15(18)13-26-21(14-9-11-16(27)12-10-14)20-22(28)17-6-2-4-8-19(17)30-23(20)24(26)29/h1-12,21,27H,13H2. The Morgan fingerprint density at radius 1 is 0.933 bits per heavy atom. The Balaban J connectivity index is 1.73. The normalized spacial score (nSPS) is 15.6. The van der Waals surface area contributed by atoms with Gasteiger partial charge >= 0.3 is 0 Å². The summed E-state index contributed by atoms with van der Waals surface area (Å²) in [6.07, 6.45) is 0. The van der Waals surface area contributed by atoms with E-state index in [9.17, 15) is 14.7 Å². The number of nitrogens with zero attached hydrogens (tertiary/aromatic N) is 1. The maximum absolute atomic E-state index is 13.4. The zero-order valence-electron chi connectivity index (χ0n) is 15.7. The van der Waals surface area contributed by atoms with Crippen molar-refractivity contribution in [3.63, 3.8) is 0 Å². The number of phenols is 1. The smallest absolute Gasteiger partial charge is 0.291 e. The van der Waals surface area contributed by atoms with Gasteiger partial charge in [0, 0.05) is 11.6 Å². The summed E-state index contributed by atoms with van der Waals surface area (Å²) >= 11 is 6.34. The SMILES string of the molecule is O=C1c2oc3ccccc3c(=O)c2C(c2ccc(O)cc2)N1Cc1ccccc1Cl. The van der Waals surface area contributed by atoms with Crippen LogP contribution in [-0.2, 0) is 6.54 Å². The Labute approximate surface area is 176 Å². The predicted octanol–water partition coefficient (Wildman–Crippen LogP) is 4.90. The first-order valence-corrected chi connectivity index (χ1v) is 9.81. The van der Waals surface area contributed by atoms with Crippen LogP contribution in [0.2, 0.25) is 5.02 Å². The minimum absolute atomic E-state index is 0.0452. The molecule has 1 aliphatic heterocycles. The van der Waals surface area contributed by atoms with Gasteiger partial charge in [-0.05, 0) is 41.5 Å². The number of carbonyl (C=O) groups excluding carboxylic acids is 1. The molecule has 0 bridgehead atoms. The molecular weight excluding hydrogens is 402 g/mol. The summed E-state index contributed by atoms with van der Waals surface area (Å²) in [5, 5.41) is 10.7. The molecule has 1 amide bonds. The number of rotatable bonds is 3. The Hall–Kier alpha value is -3.57. The molecule has 1 aliphatic rings. The van der Waals surface area contributed by atoms with E-state index in [0.717, 1.165) is 5.56 Å². The van der Waals surface area contributed by atoms with Crippen LogP contribution in [0.15, 0.2) is 82.0 Å². The number of amides is 1. The Kier molecular flexibility index (Phi) is 4.33. The molecule has 1 aromatic heterocycles. The van der Waals surface area contributed by atoms with Gasteiger partial charge in [0.2, 0.25) is 5.76 Å². The molecule has 1 unspecified atom stereocenters. The van der Waals surface area contributed by atoms with Gasteiger partial charge in [-0.3, -0.25) is 9.59 Å². The number of hydrogen-bond donors (Lipinski definition) is 1. The average Bonchev–Trinajstić information content (AvgIpc) is 3.03. The lowest BCUT2D eigenvalue weighted by molar-refractivity contribution is 0.0714. The Morgan fingerprint density at radius 3 is 2.40 bits per heavy atom. The second-order valence-corrected chi connectivity index (χ2v) is 7.60. The fourth-order valence-electron chi connectivity index (χ4n) is 3.94. The summed E-state index contributed by atoms with van der Waals surface area (Å²) in [6, 6.07) is 20.0. The molecule has 5 nitrogen and oxygen atoms in total. The lowest BCUT2D eigenvalue weighted by atomic mass is 9.98. The van der Waals surface area contributed by atoms with Crippen molar-refractivity contribution in [2.45, 2.75) is 12.6 Å². The molecule has 3 aromatic carbocycles. The maximum Gasteiger partial charge on any atom is 0.291 e. The van der Waals surface area contributed by atoms with Gasteiger partial charge < -0.3 is 14.4 Å². The quantitative estimate of drug-likeness (QED) is 0.514. The van der Waals surface area contributed by atoms with Crippen molar-refractivity contribution in [2.75, 3.05) is 0 Å². The molecule has 0 saturated heterocycles. The molecule has 30 heavy (non-hydrogen) atoms. The molecule has 5 rings (SSSR count). The van der Waals surface area contributed by atoms with Crippen LogP contribution >= 0.6 is 11.6 Å². The monoisotopic (exact) mass is 417 g/mol. The topological polar surface area (TPSA) is 70.8 Å². The fraction of sp³-hybridized carbons (Fsp3) is 0.0833. The summed E-state index contributed by atoms with van der Waals surface area (Å²) in [7, 11) is 0. The molecule has 6 heteroatoms. The maximum atomic E-state index is 13.4. The predicted molar refractivity (Wildman–Crippen MR) is 114 cm³/mol. The second-order valence-electron chi connectivity index (χ2n) is 7.19. The molecule has 4 aromatic rings. The lowest BCUT2D eigenvalue weighted by Gasteiger charge is -2.25. The van der Waals surface area contributed by atoms with E-state index >= 15 is 0 Å². The van der Waals surface area contributed by atoms with E-state index in [1.54, 1.807) is 47.4 Å². The highest BCUT2D eigenvalue weighted by molar-refractivity contribution is 6.31. The van der Waals surface area contributed by atoms with Crippen molar-refractivity contribution in [2.24, 2.45) is 0 Å². The zero-order valence-corrected chi connectivity index (χ0v) is 16.5. The molecule has 2 heterocycles. The zero-order chi connectivity index (χ0) is 20.8. The highest BCUT2D eigenvalue weighted by Gasteiger charge is 2.42. The first-order valence-electron chi connectivity index (χ1n) is 9.43. The number of carbonyl (C=O) groups is 1. The molecular formula is C24H16ClNO4. The van der Waals surface area contributed by atoms with Crippen LogP contribution in [0.5, 0.6) is 5.75 Å². The lowest BCUT2D eigenvalue weighted by Crippen LogP contribution is -2.29. The molecule has 0 aliphatic carbocycles. The fourth-order valence-corrected chi connectivity index (χ4v) is 4.14. The largest absolute Gasteiger partial charge is 0.508 e. The van der Waals surface area contributed by atoms with Crippen molar-refractivity contribution in [3.8, 4) is 5.75 Å². The number of phenolic OH excluding ortho intramolecular Hbond substituents is 1. The van der Waals surface area contributed by atoms with Crippen LogP contribution in [0.25, 0.3) is 11.0 Å². The molecule has 148 valence electrons. The van der Waals surface area contributed by atoms with Crippen LogP contribution < -0.4 is 5.43 Å². The van der Waals surface area contributed by atoms with E-state index in [1.807, 2.05) is 18.2 Å². The third kappa shape index (κ3) is 2.86. The van der Waals surface area contributed by atoms with Crippen LogP contribution in [0.3, 0.4) is 0 Å². The van der Waals surface area contributed by atoms with Gasteiger partial charge in [0.05, 0.1) is 17.0 Å². The van der Waals surface area contributed by atoms with Gasteiger partial charge in [-0.2, -0.15) is 0 Å². The molecule has 0 fully saturated rings. The van der Waals surface area contributed by atoms with E-state index in [2.05, 4.69) is 0 Å². The summed E-state index contributed by atoms with van der Waals surface area (Å²) in [6.45, 7) is 0.212. The highest BCUT2D eigenvalue weighted by Crippen LogP contribution is 2.40. The minimum atomic E-state index is -0.648. The third-order valence-electron chi connectivity index (χ3n) is 5.38. The number of fused-ring (bicyclic) bond motifs is 2. The number of para-hydroxylation sites is 1. The molecule has 0 radical (unpaired) electrons. The van der Waals surface area contributed by atoms with Crippen molar-refractivity contribution in [3.05, 3.63) is 110 Å². The Bertz CT molecular complexity index is 1340. The van der Waals surface area contributed by atoms with Crippen LogP contribution in [-0.4, -0.2) is 15.9 Å². The summed E-state index contributed by atoms with van der Waals surface area (Å²) in [5.74, 6) is -0.221. The molecule has 1 N–H and O–H groups in total. The van der Waals surface area contributed by atoms with Gasteiger partial charge in [-0.15, -0.1) is 0 Å². The van der Waals surface area contributed by atoms with Crippen LogP contribution in [0.1, 0.15) is 33.3 Å². The number of halogens is 1. The number of aromatic hydroxyl groups is 1. The third-order valence-corrected chi connectivity index (χ3v) is 5.75. The second kappa shape index (κ2) is 7.04. The van der Waals surface area contributed by atoms with Gasteiger partial charge in [0.15, 0.2) is 5.43 Å². The van der Waals surface area contributed by atoms with Crippen molar-refractivity contribution < 1.29 is 14.3 Å². The van der Waals surface area contributed by atoms with E-state index < -0.39 is 6.04 Å². The summed E-state index contributed by atoms with van der Waals surface area (Å²) < 4.78 is 5.90. The summed E-state index contributed by atoms with van der Waals surface area (Å²) in [4.78, 5) is 28.3. The van der Waals surface area contributed by atoms with E-state index in [1.165, 1.54) is 12.1 Å². The van der Waals surface area contributed by atoms with Gasteiger partial charge in [0.1, 0.15) is 11.3 Å². The summed E-state index contributed by atoms with van der Waals surface area (Å²) in [5.41, 5.74) is 1.91. The van der Waals surface area contributed by atoms with Gasteiger partial charge in [0.25, 0.3) is 5.91 Å². The van der Waals surface area contributed by atoms with E-state index in [4.69, 9.17) is 16.0 Å². The van der Waals surface area contributed by atoms with Crippen molar-refractivity contribution in [1.29, 1.82) is 0 Å². The molecule has 0 saturated carbocycles. The Morgan fingerprint density at radius 2 is 1.63 bits per heavy atom. The first kappa shape index (κ1) is 18.5. The first-order chi connectivity index (χ1) is 14.5. The van der Waals surface area contributed by atoms with Crippen LogP contribution in [0, 0.1) is 0 Å². The number of benzene rings is 3. The van der Waals surface area contributed by atoms with Crippen molar-refractivity contribution >= 4 is 28.5 Å². The van der Waals surface area contributed by atoms with E-state index in [-0.39, 0.29) is 29.4 Å². The van der Waals surface area contributed by atoms with Gasteiger partial charge in [-0.1, -0.05) is 54.1 Å². The van der Waals surface area contributed by atoms with Crippen molar-refractivity contribution in [1.82, 2.24) is 4.90 Å². The molecule has 1 atom stereocenters. The van der Waals surface area contributed by atoms with Crippen LogP contribution in [0.4, 0.5) is 0 Å². The number of hydrogen-bond acceptors (Lipinski definition) is 4. The van der Waals surface area contributed by atoms with E-state index in [0.29, 0.717) is 27.1 Å². The van der Waals surface area contributed by atoms with Gasteiger partial charge in [-0.25, -0.2) is 0 Å².